The van der Waals surface area contributed by atoms with Crippen molar-refractivity contribution in [3.63, 3.8) is 0 Å². The number of carbonyl (C=O) groups excluding carboxylic acids is 1. The van der Waals surface area contributed by atoms with Crippen molar-refractivity contribution in [3.05, 3.63) is 23.3 Å². The van der Waals surface area contributed by atoms with Gasteiger partial charge < -0.3 is 24.1 Å². The quantitative estimate of drug-likeness (QED) is 0.865. The number of ether oxygens (including phenoxy) is 4. The molecule has 1 aliphatic rings. The lowest BCUT2D eigenvalue weighted by Gasteiger charge is -2.27. The number of phenols is 1. The van der Waals surface area contributed by atoms with Crippen molar-refractivity contribution < 1.29 is 28.8 Å². The standard InChI is InChI=1S/C16H22O6/c1-16(2,3)22-14(18)12-10(15-20-8-5-9-21-15)6-7-11(17)13(12)19-4/h6-7,15,17H,5,8-9H2,1-4H3. The molecule has 6 heteroatoms. The summed E-state index contributed by atoms with van der Waals surface area (Å²) in [5.74, 6) is -0.666. The summed E-state index contributed by atoms with van der Waals surface area (Å²) in [6.45, 7) is 6.40. The van der Waals surface area contributed by atoms with E-state index in [-0.39, 0.29) is 17.1 Å². The Kier molecular flexibility index (Phi) is 4.93. The van der Waals surface area contributed by atoms with Gasteiger partial charge >= 0.3 is 5.97 Å². The van der Waals surface area contributed by atoms with Crippen molar-refractivity contribution in [2.75, 3.05) is 20.3 Å². The van der Waals surface area contributed by atoms with E-state index in [4.69, 9.17) is 18.9 Å². The highest BCUT2D eigenvalue weighted by Gasteiger charge is 2.30. The van der Waals surface area contributed by atoms with Crippen molar-refractivity contribution in [2.45, 2.75) is 39.1 Å². The van der Waals surface area contributed by atoms with E-state index < -0.39 is 17.9 Å². The van der Waals surface area contributed by atoms with E-state index in [1.807, 2.05) is 0 Å². The molecule has 0 bridgehead atoms. The highest BCUT2D eigenvalue weighted by molar-refractivity contribution is 5.95. The Hall–Kier alpha value is -1.79. The molecule has 0 saturated carbocycles. The lowest BCUT2D eigenvalue weighted by molar-refractivity contribution is -0.183. The van der Waals surface area contributed by atoms with Crippen LogP contribution in [0.4, 0.5) is 0 Å². The van der Waals surface area contributed by atoms with Crippen LogP contribution in [0, 0.1) is 0 Å². The zero-order chi connectivity index (χ0) is 16.3. The molecule has 1 aliphatic heterocycles. The first-order chi connectivity index (χ1) is 10.3. The van der Waals surface area contributed by atoms with Gasteiger partial charge in [0.05, 0.1) is 20.3 Å². The first kappa shape index (κ1) is 16.6. The number of hydrogen-bond donors (Lipinski definition) is 1. The maximum absolute atomic E-state index is 12.5. The molecule has 1 N–H and O–H groups in total. The maximum Gasteiger partial charge on any atom is 0.343 e. The van der Waals surface area contributed by atoms with Crippen LogP contribution in [0.2, 0.25) is 0 Å². The summed E-state index contributed by atoms with van der Waals surface area (Å²) in [5, 5.41) is 9.95. The number of esters is 1. The van der Waals surface area contributed by atoms with Crippen LogP contribution < -0.4 is 4.74 Å². The minimum atomic E-state index is -0.675. The first-order valence-corrected chi connectivity index (χ1v) is 7.20. The number of hydrogen-bond acceptors (Lipinski definition) is 6. The summed E-state index contributed by atoms with van der Waals surface area (Å²) in [5.41, 5.74) is -0.0491. The normalized spacial score (nSPS) is 16.4. The number of aromatic hydroxyl groups is 1. The van der Waals surface area contributed by atoms with Crippen molar-refractivity contribution in [3.8, 4) is 11.5 Å². The molecule has 1 heterocycles. The van der Waals surface area contributed by atoms with E-state index >= 15 is 0 Å². The van der Waals surface area contributed by atoms with Gasteiger partial charge in [-0.15, -0.1) is 0 Å². The van der Waals surface area contributed by atoms with Gasteiger partial charge in [0.25, 0.3) is 0 Å². The Balaban J connectivity index is 2.46. The Bertz CT molecular complexity index is 540. The van der Waals surface area contributed by atoms with Crippen molar-refractivity contribution in [1.82, 2.24) is 0 Å². The number of rotatable bonds is 3. The summed E-state index contributed by atoms with van der Waals surface area (Å²) in [6.07, 6.45) is 0.124. The summed E-state index contributed by atoms with van der Waals surface area (Å²) in [4.78, 5) is 12.5. The van der Waals surface area contributed by atoms with Crippen molar-refractivity contribution in [2.24, 2.45) is 0 Å². The van der Waals surface area contributed by atoms with Gasteiger partial charge in [-0.2, -0.15) is 0 Å². The minimum absolute atomic E-state index is 0.0597. The summed E-state index contributed by atoms with van der Waals surface area (Å²) in [7, 11) is 1.38. The molecule has 22 heavy (non-hydrogen) atoms. The average Bonchev–Trinajstić information content (AvgIpc) is 2.46. The molecule has 6 nitrogen and oxygen atoms in total. The third kappa shape index (κ3) is 3.69. The fourth-order valence-electron chi connectivity index (χ4n) is 2.20. The van der Waals surface area contributed by atoms with E-state index in [1.165, 1.54) is 13.2 Å². The fourth-order valence-corrected chi connectivity index (χ4v) is 2.20. The van der Waals surface area contributed by atoms with Crippen LogP contribution in [-0.4, -0.2) is 37.0 Å². The van der Waals surface area contributed by atoms with Gasteiger partial charge in [0.1, 0.15) is 11.2 Å². The van der Waals surface area contributed by atoms with Gasteiger partial charge in [-0.05, 0) is 39.3 Å². The predicted octanol–water partition coefficient (Wildman–Crippen LogP) is 2.79. The molecule has 0 aliphatic carbocycles. The molecule has 1 saturated heterocycles. The van der Waals surface area contributed by atoms with Crippen molar-refractivity contribution >= 4 is 5.97 Å². The number of benzene rings is 1. The zero-order valence-electron chi connectivity index (χ0n) is 13.3. The van der Waals surface area contributed by atoms with E-state index in [0.717, 1.165) is 6.42 Å². The molecule has 0 unspecified atom stereocenters. The average molecular weight is 310 g/mol. The van der Waals surface area contributed by atoms with Crippen LogP contribution in [0.15, 0.2) is 12.1 Å². The molecular weight excluding hydrogens is 288 g/mol. The monoisotopic (exact) mass is 310 g/mol. The number of carbonyl (C=O) groups is 1. The van der Waals surface area contributed by atoms with Crippen LogP contribution in [0.3, 0.4) is 0 Å². The third-order valence-corrected chi connectivity index (χ3v) is 3.06. The van der Waals surface area contributed by atoms with Gasteiger partial charge in [0.15, 0.2) is 17.8 Å². The second-order valence-electron chi connectivity index (χ2n) is 6.01. The highest BCUT2D eigenvalue weighted by atomic mass is 16.7. The van der Waals surface area contributed by atoms with E-state index in [0.29, 0.717) is 18.8 Å². The molecular formula is C16H22O6. The Morgan fingerprint density at radius 1 is 1.27 bits per heavy atom. The molecule has 122 valence electrons. The minimum Gasteiger partial charge on any atom is -0.504 e. The lowest BCUT2D eigenvalue weighted by Crippen LogP contribution is -2.26. The first-order valence-electron chi connectivity index (χ1n) is 7.20. The van der Waals surface area contributed by atoms with Crippen LogP contribution in [0.25, 0.3) is 0 Å². The molecule has 0 aromatic heterocycles. The van der Waals surface area contributed by atoms with E-state index in [1.54, 1.807) is 26.8 Å². The van der Waals surface area contributed by atoms with Gasteiger partial charge in [-0.1, -0.05) is 0 Å². The molecule has 1 aromatic carbocycles. The largest absolute Gasteiger partial charge is 0.504 e. The zero-order valence-corrected chi connectivity index (χ0v) is 13.3. The highest BCUT2D eigenvalue weighted by Crippen LogP contribution is 2.38. The third-order valence-electron chi connectivity index (χ3n) is 3.06. The topological polar surface area (TPSA) is 74.2 Å². The van der Waals surface area contributed by atoms with Crippen LogP contribution in [0.1, 0.15) is 49.4 Å². The molecule has 1 aromatic rings. The molecule has 0 amide bonds. The molecule has 0 radical (unpaired) electrons. The van der Waals surface area contributed by atoms with E-state index in [2.05, 4.69) is 0 Å². The van der Waals surface area contributed by atoms with Crippen LogP contribution in [-0.2, 0) is 14.2 Å². The number of methoxy groups -OCH3 is 1. The van der Waals surface area contributed by atoms with Crippen molar-refractivity contribution in [1.29, 1.82) is 0 Å². The van der Waals surface area contributed by atoms with Crippen LogP contribution in [0.5, 0.6) is 11.5 Å². The van der Waals surface area contributed by atoms with Crippen LogP contribution >= 0.6 is 0 Å². The molecule has 1 fully saturated rings. The maximum atomic E-state index is 12.5. The fraction of sp³-hybridized carbons (Fsp3) is 0.562. The number of phenolic OH excluding ortho intramolecular Hbond substituents is 1. The Morgan fingerprint density at radius 2 is 1.91 bits per heavy atom. The second kappa shape index (κ2) is 6.54. The van der Waals surface area contributed by atoms with E-state index in [9.17, 15) is 9.90 Å². The molecule has 0 atom stereocenters. The lowest BCUT2D eigenvalue weighted by atomic mass is 10.0. The van der Waals surface area contributed by atoms with Gasteiger partial charge in [-0.3, -0.25) is 0 Å². The Labute approximate surface area is 129 Å². The van der Waals surface area contributed by atoms with Gasteiger partial charge in [0.2, 0.25) is 0 Å². The van der Waals surface area contributed by atoms with Gasteiger partial charge in [-0.25, -0.2) is 4.79 Å². The molecule has 2 rings (SSSR count). The SMILES string of the molecule is COc1c(O)ccc(C2OCCCO2)c1C(=O)OC(C)(C)C. The molecule has 0 spiro atoms. The summed E-state index contributed by atoms with van der Waals surface area (Å²) < 4.78 is 21.7. The summed E-state index contributed by atoms with van der Waals surface area (Å²) in [6, 6.07) is 3.04. The Morgan fingerprint density at radius 3 is 2.45 bits per heavy atom. The predicted molar refractivity (Wildman–Crippen MR) is 79.1 cm³/mol. The smallest absolute Gasteiger partial charge is 0.343 e. The second-order valence-corrected chi connectivity index (χ2v) is 6.01. The van der Waals surface area contributed by atoms with Gasteiger partial charge in [0, 0.05) is 5.56 Å². The summed E-state index contributed by atoms with van der Waals surface area (Å²) >= 11 is 0.